The molecule has 0 saturated carbocycles. The van der Waals surface area contributed by atoms with Crippen molar-refractivity contribution in [3.05, 3.63) is 0 Å². The highest BCUT2D eigenvalue weighted by Gasteiger charge is 2.09. The molecule has 0 aromatic rings. The third-order valence-electron chi connectivity index (χ3n) is 3.34. The van der Waals surface area contributed by atoms with Crippen molar-refractivity contribution < 1.29 is 0 Å². The van der Waals surface area contributed by atoms with Crippen LogP contribution in [0.25, 0.3) is 0 Å². The summed E-state index contributed by atoms with van der Waals surface area (Å²) in [4.78, 5) is 0. The van der Waals surface area contributed by atoms with E-state index in [2.05, 4.69) is 39.5 Å². The van der Waals surface area contributed by atoms with Crippen molar-refractivity contribution in [2.75, 3.05) is 0 Å². The molecule has 0 radical (unpaired) electrons. The third kappa shape index (κ3) is 8.84. The van der Waals surface area contributed by atoms with Crippen LogP contribution in [0.1, 0.15) is 73.1 Å². The monoisotopic (exact) mass is 222 g/mol. The van der Waals surface area contributed by atoms with E-state index >= 15 is 0 Å². The first-order valence-electron chi connectivity index (χ1n) is 7.02. The molecular weight excluding hydrogens is 192 g/mol. The van der Waals surface area contributed by atoms with Gasteiger partial charge in [-0.3, -0.25) is 0 Å². The molecule has 0 aliphatic carbocycles. The minimum atomic E-state index is 0.582. The van der Waals surface area contributed by atoms with E-state index in [0.29, 0.717) is 5.92 Å². The Bertz CT molecular complexity index is 206. The molecule has 0 heterocycles. The Balaban J connectivity index is 3.63. The van der Waals surface area contributed by atoms with Gasteiger partial charge in [-0.1, -0.05) is 47.0 Å². The zero-order chi connectivity index (χ0) is 12.4. The fourth-order valence-corrected chi connectivity index (χ4v) is 2.33. The predicted octanol–water partition coefficient (Wildman–Crippen LogP) is 5.28. The van der Waals surface area contributed by atoms with Gasteiger partial charge < -0.3 is 0 Å². The summed E-state index contributed by atoms with van der Waals surface area (Å²) in [6.07, 6.45) is 8.14. The summed E-state index contributed by atoms with van der Waals surface area (Å²) >= 11 is 0. The Morgan fingerprint density at radius 3 is 2.12 bits per heavy atom. The fraction of sp³-hybridized carbons (Fsp3) is 0.875. The minimum Gasteiger partial charge on any atom is -0.106 e. The van der Waals surface area contributed by atoms with Crippen molar-refractivity contribution in [3.63, 3.8) is 0 Å². The van der Waals surface area contributed by atoms with Gasteiger partial charge >= 0.3 is 0 Å². The van der Waals surface area contributed by atoms with Crippen LogP contribution in [-0.2, 0) is 0 Å². The summed E-state index contributed by atoms with van der Waals surface area (Å²) in [6, 6.07) is 0. The van der Waals surface area contributed by atoms with Gasteiger partial charge in [0.2, 0.25) is 0 Å². The lowest BCUT2D eigenvalue weighted by Crippen LogP contribution is -2.05. The molecule has 0 aliphatic rings. The molecule has 0 aliphatic heterocycles. The standard InChI is InChI=1S/C16H30/c1-6-8-10-15(4)13-16(5)12-11-14(3)9-7-2/h14-16H,6,8,10-13H2,1-5H3. The second-order valence-electron chi connectivity index (χ2n) is 5.46. The van der Waals surface area contributed by atoms with Crippen molar-refractivity contribution in [3.8, 4) is 11.8 Å². The average Bonchev–Trinajstić information content (AvgIpc) is 2.24. The second kappa shape index (κ2) is 9.76. The van der Waals surface area contributed by atoms with E-state index in [-0.39, 0.29) is 0 Å². The molecule has 0 N–H and O–H groups in total. The molecule has 0 rings (SSSR count). The quantitative estimate of drug-likeness (QED) is 0.490. The maximum absolute atomic E-state index is 3.24. The van der Waals surface area contributed by atoms with Gasteiger partial charge in [0.15, 0.2) is 0 Å². The van der Waals surface area contributed by atoms with E-state index in [1.807, 2.05) is 6.92 Å². The van der Waals surface area contributed by atoms with Gasteiger partial charge in [-0.2, -0.15) is 0 Å². The van der Waals surface area contributed by atoms with Crippen molar-refractivity contribution in [2.45, 2.75) is 73.1 Å². The van der Waals surface area contributed by atoms with Crippen LogP contribution >= 0.6 is 0 Å². The fourth-order valence-electron chi connectivity index (χ4n) is 2.33. The zero-order valence-electron chi connectivity index (χ0n) is 12.0. The predicted molar refractivity (Wildman–Crippen MR) is 74.3 cm³/mol. The summed E-state index contributed by atoms with van der Waals surface area (Å²) in [6.45, 7) is 11.3. The molecule has 3 unspecified atom stereocenters. The van der Waals surface area contributed by atoms with Crippen molar-refractivity contribution >= 4 is 0 Å². The molecule has 0 spiro atoms. The lowest BCUT2D eigenvalue weighted by atomic mass is 9.88. The molecule has 0 fully saturated rings. The van der Waals surface area contributed by atoms with Crippen LogP contribution < -0.4 is 0 Å². The molecule has 3 atom stereocenters. The summed E-state index contributed by atoms with van der Waals surface area (Å²) in [7, 11) is 0. The van der Waals surface area contributed by atoms with Gasteiger partial charge in [-0.15, -0.1) is 11.8 Å². The lowest BCUT2D eigenvalue weighted by Gasteiger charge is -2.17. The largest absolute Gasteiger partial charge is 0.106 e. The first-order valence-corrected chi connectivity index (χ1v) is 7.02. The second-order valence-corrected chi connectivity index (χ2v) is 5.46. The van der Waals surface area contributed by atoms with Crippen LogP contribution in [0.15, 0.2) is 0 Å². The molecule has 0 aromatic carbocycles. The molecule has 0 nitrogen and oxygen atoms in total. The Morgan fingerprint density at radius 1 is 0.938 bits per heavy atom. The summed E-state index contributed by atoms with van der Waals surface area (Å²) in [5.74, 6) is 8.60. The van der Waals surface area contributed by atoms with Gasteiger partial charge in [-0.25, -0.2) is 0 Å². The van der Waals surface area contributed by atoms with Gasteiger partial charge in [0.05, 0.1) is 0 Å². The van der Waals surface area contributed by atoms with Gasteiger partial charge in [0.25, 0.3) is 0 Å². The maximum Gasteiger partial charge on any atom is 0.0174 e. The van der Waals surface area contributed by atoms with Gasteiger partial charge in [-0.05, 0) is 38.0 Å². The van der Waals surface area contributed by atoms with Crippen molar-refractivity contribution in [2.24, 2.45) is 17.8 Å². The Morgan fingerprint density at radius 2 is 1.56 bits per heavy atom. The molecule has 0 bridgehead atoms. The number of unbranched alkanes of at least 4 members (excludes halogenated alkanes) is 1. The molecule has 94 valence electrons. The zero-order valence-corrected chi connectivity index (χ0v) is 12.0. The molecule has 0 saturated heterocycles. The van der Waals surface area contributed by atoms with E-state index in [4.69, 9.17) is 0 Å². The molecule has 0 amide bonds. The Hall–Kier alpha value is -0.440. The van der Waals surface area contributed by atoms with Crippen LogP contribution in [-0.4, -0.2) is 0 Å². The average molecular weight is 222 g/mol. The van der Waals surface area contributed by atoms with E-state index in [1.165, 1.54) is 38.5 Å². The Labute approximate surface area is 103 Å². The third-order valence-corrected chi connectivity index (χ3v) is 3.34. The summed E-state index contributed by atoms with van der Waals surface area (Å²) in [5, 5.41) is 0. The van der Waals surface area contributed by atoms with Crippen LogP contribution in [0.2, 0.25) is 0 Å². The number of hydrogen-bond acceptors (Lipinski definition) is 0. The van der Waals surface area contributed by atoms with Gasteiger partial charge in [0.1, 0.15) is 0 Å². The summed E-state index contributed by atoms with van der Waals surface area (Å²) < 4.78 is 0. The van der Waals surface area contributed by atoms with E-state index in [9.17, 15) is 0 Å². The SMILES string of the molecule is CC#CC(C)CCC(C)CC(C)CCCC. The minimum absolute atomic E-state index is 0.582. The van der Waals surface area contributed by atoms with Crippen LogP contribution in [0.4, 0.5) is 0 Å². The molecular formula is C16H30. The topological polar surface area (TPSA) is 0 Å². The van der Waals surface area contributed by atoms with E-state index < -0.39 is 0 Å². The van der Waals surface area contributed by atoms with Crippen LogP contribution in [0, 0.1) is 29.6 Å². The lowest BCUT2D eigenvalue weighted by molar-refractivity contribution is 0.356. The first-order chi connectivity index (χ1) is 7.60. The molecule has 16 heavy (non-hydrogen) atoms. The number of hydrogen-bond donors (Lipinski definition) is 0. The van der Waals surface area contributed by atoms with Crippen LogP contribution in [0.5, 0.6) is 0 Å². The summed E-state index contributed by atoms with van der Waals surface area (Å²) in [5.41, 5.74) is 0. The normalized spacial score (nSPS) is 16.1. The smallest absolute Gasteiger partial charge is 0.0174 e. The maximum atomic E-state index is 3.24. The molecule has 0 heteroatoms. The highest BCUT2D eigenvalue weighted by molar-refractivity contribution is 4.99. The van der Waals surface area contributed by atoms with Crippen molar-refractivity contribution in [1.29, 1.82) is 0 Å². The van der Waals surface area contributed by atoms with E-state index in [0.717, 1.165) is 11.8 Å². The highest BCUT2D eigenvalue weighted by atomic mass is 14.1. The van der Waals surface area contributed by atoms with Gasteiger partial charge in [0, 0.05) is 5.92 Å². The number of rotatable bonds is 8. The van der Waals surface area contributed by atoms with E-state index in [1.54, 1.807) is 0 Å². The molecule has 0 aromatic heterocycles. The highest BCUT2D eigenvalue weighted by Crippen LogP contribution is 2.22. The van der Waals surface area contributed by atoms with Crippen molar-refractivity contribution in [1.82, 2.24) is 0 Å². The first kappa shape index (κ1) is 15.6. The Kier molecular flexibility index (Phi) is 9.49. The van der Waals surface area contributed by atoms with Crippen LogP contribution in [0.3, 0.4) is 0 Å².